The molecule has 1 saturated carbocycles. The molecule has 252 valence electrons. The maximum atomic E-state index is 13.5. The lowest BCUT2D eigenvalue weighted by atomic mass is 10.1. The third-order valence-electron chi connectivity index (χ3n) is 8.32. The zero-order chi connectivity index (χ0) is 33.1. The number of imidazole rings is 2. The third-order valence-corrected chi connectivity index (χ3v) is 11.0. The van der Waals surface area contributed by atoms with E-state index in [9.17, 15) is 22.6 Å². The molecule has 7 atom stereocenters. The standard InChI is InChI=1S/C25H31N10O9PS2/c1-12(2)22(36)32-25-31-21-19(23(37)33-25)29-11-35(21)24-18-5-15(42-24)8-41-45(38,46)43-17-4-14(3-13(17)6-30-47(39,40)44-18)34-10-28-16-7-26-9-27-20(16)34/h7,9-15,17-18,24,30H,3-6,8H2,1-2H3,(H,38,46)(H2,31,32,33,36,37)/t13-,14-,15+,17+,18-,24-,45-/m1/s1. The lowest BCUT2D eigenvalue weighted by Crippen LogP contribution is -2.37. The number of anilines is 1. The largest absolute Gasteiger partial charge is 0.386 e. The van der Waals surface area contributed by atoms with Crippen molar-refractivity contribution in [2.45, 2.75) is 63.7 Å². The van der Waals surface area contributed by atoms with Gasteiger partial charge in [-0.25, -0.2) is 28.7 Å². The second kappa shape index (κ2) is 12.3. The lowest BCUT2D eigenvalue weighted by Gasteiger charge is -2.25. The minimum absolute atomic E-state index is 0.0103. The van der Waals surface area contributed by atoms with Crippen LogP contribution in [0.4, 0.5) is 5.95 Å². The number of hydrogen-bond acceptors (Lipinski definition) is 14. The number of carbonyl (C=O) groups is 1. The van der Waals surface area contributed by atoms with Gasteiger partial charge in [0.1, 0.15) is 17.9 Å². The number of nitrogens with one attached hydrogen (secondary N) is 3. The highest BCUT2D eigenvalue weighted by Crippen LogP contribution is 2.57. The van der Waals surface area contributed by atoms with E-state index in [4.69, 9.17) is 18.0 Å². The van der Waals surface area contributed by atoms with E-state index in [1.807, 2.05) is 4.57 Å². The summed E-state index contributed by atoms with van der Waals surface area (Å²) in [6, 6.07) is -0.208. The fourth-order valence-corrected chi connectivity index (χ4v) is 8.62. The number of aromatic nitrogens is 8. The van der Waals surface area contributed by atoms with Crippen molar-refractivity contribution in [2.75, 3.05) is 18.5 Å². The van der Waals surface area contributed by atoms with E-state index in [2.05, 4.69) is 52.2 Å². The number of aromatic amines is 1. The molecule has 1 aliphatic carbocycles. The first-order valence-corrected chi connectivity index (χ1v) is 18.9. The van der Waals surface area contributed by atoms with Crippen LogP contribution in [0.25, 0.3) is 22.3 Å². The van der Waals surface area contributed by atoms with E-state index >= 15 is 0 Å². The predicted molar refractivity (Wildman–Crippen MR) is 166 cm³/mol. The number of nitrogens with zero attached hydrogens (tertiary/aromatic N) is 7. The Hall–Kier alpha value is -3.30. The van der Waals surface area contributed by atoms with Crippen molar-refractivity contribution in [3.05, 3.63) is 35.5 Å². The van der Waals surface area contributed by atoms with E-state index < -0.39 is 53.1 Å². The Bertz CT molecular complexity index is 2050. The number of amides is 1. The van der Waals surface area contributed by atoms with Crippen LogP contribution >= 0.6 is 19.0 Å². The molecule has 6 heterocycles. The summed E-state index contributed by atoms with van der Waals surface area (Å²) < 4.78 is 69.1. The van der Waals surface area contributed by atoms with E-state index in [1.165, 1.54) is 17.2 Å². The van der Waals surface area contributed by atoms with Gasteiger partial charge in [-0.15, -0.1) is 0 Å². The van der Waals surface area contributed by atoms with Crippen molar-refractivity contribution < 1.29 is 35.7 Å². The summed E-state index contributed by atoms with van der Waals surface area (Å²) in [6.07, 6.45) is 2.86. The summed E-state index contributed by atoms with van der Waals surface area (Å²) in [4.78, 5) is 48.6. The normalized spacial score (nSPS) is 31.3. The monoisotopic (exact) mass is 710 g/mol. The molecule has 3 N–H and O–H groups in total. The Labute approximate surface area is 272 Å². The highest BCUT2D eigenvalue weighted by atomic mass is 32.7. The zero-order valence-corrected chi connectivity index (χ0v) is 27.6. The first kappa shape index (κ1) is 32.3. The molecule has 0 radical (unpaired) electrons. The summed E-state index contributed by atoms with van der Waals surface area (Å²) in [5.74, 6) is -1.34. The number of rotatable bonds is 4. The quantitative estimate of drug-likeness (QED) is 0.173. The van der Waals surface area contributed by atoms with Crippen LogP contribution in [0.3, 0.4) is 0 Å². The van der Waals surface area contributed by atoms with E-state index in [-0.39, 0.29) is 54.6 Å². The highest BCUT2D eigenvalue weighted by Gasteiger charge is 2.45. The predicted octanol–water partition coefficient (Wildman–Crippen LogP) is 1.47. The number of carbonyl (C=O) groups excluding carboxylic acids is 1. The van der Waals surface area contributed by atoms with Gasteiger partial charge in [-0.05, 0) is 12.8 Å². The fourth-order valence-electron chi connectivity index (χ4n) is 6.05. The molecule has 47 heavy (non-hydrogen) atoms. The van der Waals surface area contributed by atoms with Gasteiger partial charge in [-0.3, -0.25) is 33.5 Å². The van der Waals surface area contributed by atoms with Crippen LogP contribution in [0.2, 0.25) is 0 Å². The Morgan fingerprint density at radius 3 is 2.74 bits per heavy atom. The van der Waals surface area contributed by atoms with E-state index in [0.29, 0.717) is 24.0 Å². The molecule has 22 heteroatoms. The van der Waals surface area contributed by atoms with Gasteiger partial charge in [0.25, 0.3) is 5.56 Å². The lowest BCUT2D eigenvalue weighted by molar-refractivity contribution is -0.118. The molecule has 3 fully saturated rings. The highest BCUT2D eigenvalue weighted by molar-refractivity contribution is 8.44. The smallest absolute Gasteiger partial charge is 0.349 e. The third kappa shape index (κ3) is 6.58. The topological polar surface area (TPSA) is 236 Å². The average Bonchev–Trinajstić information content (AvgIpc) is 3.79. The summed E-state index contributed by atoms with van der Waals surface area (Å²) in [5.41, 5.74) is 0.510. The second-order valence-electron chi connectivity index (χ2n) is 11.9. The van der Waals surface area contributed by atoms with E-state index in [0.717, 1.165) is 0 Å². The Kier molecular flexibility index (Phi) is 8.44. The van der Waals surface area contributed by atoms with Crippen LogP contribution in [0.15, 0.2) is 30.0 Å². The molecule has 4 aromatic rings. The molecule has 0 spiro atoms. The molecule has 0 unspecified atom stereocenters. The SMILES string of the molecule is CC(C)C(=O)Nc1nc2c(ncn2[C@@H]2O[C@@H]3CO[P@@](=O)(S)O[C@H]4C[C@H](n5cnc6cncnc65)C[C@@H]4CNS(=O)(=O)O[C@@H]2C3)c(=O)[nH]1. The summed E-state index contributed by atoms with van der Waals surface area (Å²) >= 11 is 4.22. The Balaban J connectivity index is 1.16. The molecule has 19 nitrogen and oxygen atoms in total. The summed E-state index contributed by atoms with van der Waals surface area (Å²) in [5, 5.41) is 2.54. The van der Waals surface area contributed by atoms with Crippen LogP contribution in [0, 0.1) is 11.8 Å². The molecule has 7 rings (SSSR count). The number of hydrogen-bond donors (Lipinski definition) is 4. The van der Waals surface area contributed by atoms with Crippen LogP contribution in [-0.4, -0.2) is 84.8 Å². The van der Waals surface area contributed by atoms with Crippen molar-refractivity contribution in [2.24, 2.45) is 11.8 Å². The van der Waals surface area contributed by atoms with Gasteiger partial charge in [0.2, 0.25) is 11.9 Å². The number of thiol groups is 1. The average molecular weight is 711 g/mol. The molecular weight excluding hydrogens is 679 g/mol. The summed E-state index contributed by atoms with van der Waals surface area (Å²) in [6.45, 7) is -0.988. The van der Waals surface area contributed by atoms with Crippen LogP contribution < -0.4 is 15.6 Å². The van der Waals surface area contributed by atoms with Crippen molar-refractivity contribution >= 4 is 63.5 Å². The van der Waals surface area contributed by atoms with Crippen molar-refractivity contribution in [1.82, 2.24) is 43.8 Å². The Morgan fingerprint density at radius 2 is 1.94 bits per heavy atom. The number of fused-ring (bicyclic) bond motifs is 5. The minimum atomic E-state index is -4.38. The molecular formula is C25H31N10O9PS2. The van der Waals surface area contributed by atoms with Crippen LogP contribution in [0.5, 0.6) is 0 Å². The van der Waals surface area contributed by atoms with Gasteiger partial charge >= 0.3 is 17.1 Å². The van der Waals surface area contributed by atoms with E-state index in [1.54, 1.807) is 26.4 Å². The van der Waals surface area contributed by atoms with Gasteiger partial charge in [0.15, 0.2) is 23.0 Å². The molecule has 4 aromatic heterocycles. The first-order chi connectivity index (χ1) is 22.4. The number of ether oxygens (including phenoxy) is 1. The first-order valence-electron chi connectivity index (χ1n) is 14.7. The second-order valence-corrected chi connectivity index (χ2v) is 16.1. The van der Waals surface area contributed by atoms with Gasteiger partial charge in [-0.1, -0.05) is 26.1 Å². The van der Waals surface area contributed by atoms with Crippen LogP contribution in [-0.2, 0) is 37.6 Å². The molecule has 3 aliphatic rings. The minimum Gasteiger partial charge on any atom is -0.349 e. The molecule has 1 amide bonds. The summed E-state index contributed by atoms with van der Waals surface area (Å²) in [7, 11) is -4.38. The maximum absolute atomic E-state index is 13.5. The van der Waals surface area contributed by atoms with Crippen molar-refractivity contribution in [3.63, 3.8) is 0 Å². The molecule has 2 saturated heterocycles. The molecule has 2 aliphatic heterocycles. The van der Waals surface area contributed by atoms with Gasteiger partial charge in [0.05, 0.1) is 37.7 Å². The Morgan fingerprint density at radius 1 is 1.13 bits per heavy atom. The van der Waals surface area contributed by atoms with Gasteiger partial charge in [-0.2, -0.15) is 18.1 Å². The molecule has 0 aromatic carbocycles. The van der Waals surface area contributed by atoms with Crippen molar-refractivity contribution in [3.8, 4) is 0 Å². The van der Waals surface area contributed by atoms with Gasteiger partial charge < -0.3 is 9.30 Å². The maximum Gasteiger partial charge on any atom is 0.386 e. The van der Waals surface area contributed by atoms with Crippen LogP contribution in [0.1, 0.15) is 45.4 Å². The fraction of sp³-hybridized carbons (Fsp3) is 0.560. The van der Waals surface area contributed by atoms with Crippen molar-refractivity contribution in [1.29, 1.82) is 0 Å². The zero-order valence-electron chi connectivity index (χ0n) is 25.0. The molecule has 2 bridgehead atoms. The number of H-pyrrole nitrogens is 1. The van der Waals surface area contributed by atoms with Gasteiger partial charge in [0, 0.05) is 30.8 Å².